The topological polar surface area (TPSA) is 66.1 Å². The van der Waals surface area contributed by atoms with Crippen LogP contribution < -0.4 is 5.56 Å². The third-order valence-corrected chi connectivity index (χ3v) is 5.52. The van der Waals surface area contributed by atoms with Gasteiger partial charge >= 0.3 is 0 Å². The number of H-pyrrole nitrogens is 1. The molecule has 2 aromatic rings. The van der Waals surface area contributed by atoms with Crippen molar-refractivity contribution in [1.82, 2.24) is 14.9 Å². The zero-order valence-corrected chi connectivity index (χ0v) is 15.7. The van der Waals surface area contributed by atoms with Gasteiger partial charge in [0, 0.05) is 24.7 Å². The molecule has 132 valence electrons. The number of aromatic amines is 1. The van der Waals surface area contributed by atoms with Gasteiger partial charge < -0.3 is 9.88 Å². The summed E-state index contributed by atoms with van der Waals surface area (Å²) in [6.07, 6.45) is 4.58. The molecule has 0 unspecified atom stereocenters. The minimum absolute atomic E-state index is 0.0643. The lowest BCUT2D eigenvalue weighted by atomic mass is 10.1. The Labute approximate surface area is 151 Å². The highest BCUT2D eigenvalue weighted by molar-refractivity contribution is 7.98. The quantitative estimate of drug-likeness (QED) is 0.660. The number of fused-ring (bicyclic) bond motifs is 1. The van der Waals surface area contributed by atoms with E-state index in [2.05, 4.69) is 22.1 Å². The molecule has 0 saturated heterocycles. The molecular weight excluding hydrogens is 334 g/mol. The summed E-state index contributed by atoms with van der Waals surface area (Å²) in [7, 11) is 1.86. The van der Waals surface area contributed by atoms with Crippen LogP contribution in [0.3, 0.4) is 0 Å². The number of benzene rings is 1. The van der Waals surface area contributed by atoms with Gasteiger partial charge in [-0.05, 0) is 43.6 Å². The number of hydrogen-bond acceptors (Lipinski definition) is 4. The molecule has 6 heteroatoms. The smallest absolute Gasteiger partial charge is 0.254 e. The lowest BCUT2D eigenvalue weighted by Crippen LogP contribution is -2.31. The van der Waals surface area contributed by atoms with Crippen molar-refractivity contribution in [3.8, 4) is 0 Å². The lowest BCUT2D eigenvalue weighted by Gasteiger charge is -2.25. The van der Waals surface area contributed by atoms with E-state index in [0.717, 1.165) is 12.8 Å². The highest BCUT2D eigenvalue weighted by Crippen LogP contribution is 2.35. The van der Waals surface area contributed by atoms with Crippen LogP contribution in [0.4, 0.5) is 0 Å². The van der Waals surface area contributed by atoms with Crippen molar-refractivity contribution in [2.75, 3.05) is 13.3 Å². The predicted octanol–water partition coefficient (Wildman–Crippen LogP) is 2.88. The molecule has 0 bridgehead atoms. The molecule has 1 aliphatic rings. The van der Waals surface area contributed by atoms with Crippen LogP contribution in [0.1, 0.15) is 41.3 Å². The van der Waals surface area contributed by atoms with Gasteiger partial charge in [-0.2, -0.15) is 0 Å². The fourth-order valence-corrected chi connectivity index (χ4v) is 3.92. The van der Waals surface area contributed by atoms with Crippen LogP contribution in [0.15, 0.2) is 34.2 Å². The average molecular weight is 357 g/mol. The summed E-state index contributed by atoms with van der Waals surface area (Å²) in [5.41, 5.74) is 3.74. The normalized spacial score (nSPS) is 15.9. The predicted molar refractivity (Wildman–Crippen MR) is 100.0 cm³/mol. The number of aromatic nitrogens is 2. The molecule has 1 aliphatic carbocycles. The first kappa shape index (κ1) is 17.7. The van der Waals surface area contributed by atoms with Crippen LogP contribution in [0.5, 0.6) is 0 Å². The number of carbonyl (C=O) groups excluding carboxylic acids is 1. The van der Waals surface area contributed by atoms with E-state index >= 15 is 0 Å². The second kappa shape index (κ2) is 7.44. The molecule has 5 nitrogen and oxygen atoms in total. The maximum atomic E-state index is 12.6. The Morgan fingerprint density at radius 1 is 1.40 bits per heavy atom. The summed E-state index contributed by atoms with van der Waals surface area (Å²) in [6, 6.07) is 8.45. The van der Waals surface area contributed by atoms with Crippen LogP contribution in [0.2, 0.25) is 0 Å². The zero-order chi connectivity index (χ0) is 18.0. The molecular formula is C19H23N3O2S. The van der Waals surface area contributed by atoms with Crippen molar-refractivity contribution < 1.29 is 4.79 Å². The number of aryl methyl sites for hydroxylation is 2. The Morgan fingerprint density at radius 3 is 2.88 bits per heavy atom. The van der Waals surface area contributed by atoms with Gasteiger partial charge in [0.2, 0.25) is 5.91 Å². The Hall–Kier alpha value is -2.08. The van der Waals surface area contributed by atoms with Gasteiger partial charge in [0.05, 0.1) is 6.04 Å². The molecule has 1 N–H and O–H groups in total. The van der Waals surface area contributed by atoms with E-state index in [9.17, 15) is 9.59 Å². The minimum atomic E-state index is -0.140. The van der Waals surface area contributed by atoms with Gasteiger partial charge in [0.1, 0.15) is 0 Å². The van der Waals surface area contributed by atoms with Crippen molar-refractivity contribution in [1.29, 1.82) is 0 Å². The van der Waals surface area contributed by atoms with E-state index in [1.165, 1.54) is 22.9 Å². The summed E-state index contributed by atoms with van der Waals surface area (Å²) in [4.78, 5) is 33.8. The molecule has 0 spiro atoms. The van der Waals surface area contributed by atoms with E-state index in [1.807, 2.05) is 37.3 Å². The largest absolute Gasteiger partial charge is 0.339 e. The molecule has 0 fully saturated rings. The Morgan fingerprint density at radius 2 is 2.16 bits per heavy atom. The second-order valence-corrected chi connectivity index (χ2v) is 7.19. The van der Waals surface area contributed by atoms with Crippen molar-refractivity contribution in [3.63, 3.8) is 0 Å². The van der Waals surface area contributed by atoms with Crippen molar-refractivity contribution >= 4 is 17.7 Å². The first-order valence-corrected chi connectivity index (χ1v) is 9.71. The molecule has 1 aromatic heterocycles. The SMILES string of the molecule is CSc1nc(C)c(CCC(=O)N(C)[C@H]2CCc3ccccc32)c(=O)[nH]1. The third-order valence-electron chi connectivity index (χ3n) is 4.94. The standard InChI is InChI=1S/C19H23N3O2S/c1-12-14(18(24)21-19(20-12)25-3)9-11-17(23)22(2)16-10-8-13-6-4-5-7-15(13)16/h4-7,16H,8-11H2,1-3H3,(H,20,21,24)/t16-/m0/s1. The van der Waals surface area contributed by atoms with E-state index in [1.54, 1.807) is 0 Å². The number of amides is 1. The molecule has 1 heterocycles. The van der Waals surface area contributed by atoms with Crippen LogP contribution in [-0.2, 0) is 17.6 Å². The van der Waals surface area contributed by atoms with E-state index < -0.39 is 0 Å². The van der Waals surface area contributed by atoms with E-state index in [-0.39, 0.29) is 17.5 Å². The number of thioether (sulfide) groups is 1. The monoisotopic (exact) mass is 357 g/mol. The molecule has 25 heavy (non-hydrogen) atoms. The highest BCUT2D eigenvalue weighted by atomic mass is 32.2. The lowest BCUT2D eigenvalue weighted by molar-refractivity contribution is -0.132. The van der Waals surface area contributed by atoms with Gasteiger partial charge in [0.25, 0.3) is 5.56 Å². The first-order chi connectivity index (χ1) is 12.0. The first-order valence-electron chi connectivity index (χ1n) is 8.48. The number of nitrogens with zero attached hydrogens (tertiary/aromatic N) is 2. The number of rotatable bonds is 5. The van der Waals surface area contributed by atoms with Crippen LogP contribution in [-0.4, -0.2) is 34.1 Å². The molecule has 0 saturated carbocycles. The van der Waals surface area contributed by atoms with E-state index in [4.69, 9.17) is 0 Å². The minimum Gasteiger partial charge on any atom is -0.339 e. The molecule has 1 atom stereocenters. The fraction of sp³-hybridized carbons (Fsp3) is 0.421. The van der Waals surface area contributed by atoms with Crippen LogP contribution in [0, 0.1) is 6.92 Å². The van der Waals surface area contributed by atoms with Gasteiger partial charge in [-0.25, -0.2) is 4.98 Å². The van der Waals surface area contributed by atoms with Gasteiger partial charge in [0.15, 0.2) is 5.16 Å². The summed E-state index contributed by atoms with van der Waals surface area (Å²) >= 11 is 1.40. The van der Waals surface area contributed by atoms with Gasteiger partial charge in [-0.1, -0.05) is 36.0 Å². The van der Waals surface area contributed by atoms with Crippen LogP contribution >= 0.6 is 11.8 Å². The van der Waals surface area contributed by atoms with Crippen molar-refractivity contribution in [2.45, 2.75) is 43.8 Å². The van der Waals surface area contributed by atoms with E-state index in [0.29, 0.717) is 29.3 Å². The fourth-order valence-electron chi connectivity index (χ4n) is 3.49. The summed E-state index contributed by atoms with van der Waals surface area (Å²) in [5.74, 6) is 0.0643. The molecule has 0 radical (unpaired) electrons. The third kappa shape index (κ3) is 3.63. The molecule has 1 amide bonds. The maximum Gasteiger partial charge on any atom is 0.254 e. The molecule has 3 rings (SSSR count). The molecule has 0 aliphatic heterocycles. The molecule has 1 aromatic carbocycles. The number of hydrogen-bond donors (Lipinski definition) is 1. The number of carbonyl (C=O) groups is 1. The Bertz CT molecular complexity index is 847. The second-order valence-electron chi connectivity index (χ2n) is 6.40. The summed E-state index contributed by atoms with van der Waals surface area (Å²) < 4.78 is 0. The van der Waals surface area contributed by atoms with Crippen molar-refractivity contribution in [2.24, 2.45) is 0 Å². The zero-order valence-electron chi connectivity index (χ0n) is 14.8. The summed E-state index contributed by atoms with van der Waals surface area (Å²) in [6.45, 7) is 1.83. The van der Waals surface area contributed by atoms with Gasteiger partial charge in [-0.3, -0.25) is 9.59 Å². The highest BCUT2D eigenvalue weighted by Gasteiger charge is 2.28. The Balaban J connectivity index is 1.69. The number of nitrogens with one attached hydrogen (secondary N) is 1. The van der Waals surface area contributed by atoms with Crippen LogP contribution in [0.25, 0.3) is 0 Å². The van der Waals surface area contributed by atoms with Crippen molar-refractivity contribution in [3.05, 3.63) is 57.0 Å². The Kier molecular flexibility index (Phi) is 5.27. The summed E-state index contributed by atoms with van der Waals surface area (Å²) in [5, 5.41) is 0.609. The average Bonchev–Trinajstić information content (AvgIpc) is 3.04. The maximum absolute atomic E-state index is 12.6. The van der Waals surface area contributed by atoms with Gasteiger partial charge in [-0.15, -0.1) is 0 Å².